The van der Waals surface area contributed by atoms with Crippen molar-refractivity contribution in [2.45, 2.75) is 53.4 Å². The molecule has 0 aliphatic heterocycles. The van der Waals surface area contributed by atoms with E-state index in [4.69, 9.17) is 0 Å². The maximum Gasteiger partial charge on any atom is 0.283 e. The van der Waals surface area contributed by atoms with Crippen molar-refractivity contribution in [1.82, 2.24) is 9.19 Å². The lowest BCUT2D eigenvalue weighted by atomic mass is 9.95. The Kier molecular flexibility index (Phi) is 3.74. The van der Waals surface area contributed by atoms with Crippen LogP contribution in [0, 0.1) is 48.5 Å². The molecule has 0 unspecified atom stereocenters. The third-order valence-electron chi connectivity index (χ3n) is 4.38. The van der Waals surface area contributed by atoms with E-state index >= 15 is 0 Å². The van der Waals surface area contributed by atoms with Crippen molar-refractivity contribution in [2.24, 2.45) is 0 Å². The Balaban J connectivity index is 2.87. The van der Waals surface area contributed by atoms with Crippen LogP contribution in [-0.2, 0) is 10.0 Å². The molecule has 0 saturated carbocycles. The molecule has 0 N–H and O–H groups in total. The summed E-state index contributed by atoms with van der Waals surface area (Å²) in [4.78, 5) is 0.384. The highest BCUT2D eigenvalue weighted by Crippen LogP contribution is 2.31. The van der Waals surface area contributed by atoms with Crippen LogP contribution in [0.1, 0.15) is 39.2 Å². The van der Waals surface area contributed by atoms with E-state index in [1.165, 1.54) is 0 Å². The minimum absolute atomic E-state index is 0.384. The predicted molar refractivity (Wildman–Crippen MR) is 84.4 cm³/mol. The molecule has 0 radical (unpaired) electrons. The maximum atomic E-state index is 13.0. The number of hydrogen-bond acceptors (Lipinski definition) is 3. The molecule has 1 aromatic heterocycles. The van der Waals surface area contributed by atoms with Gasteiger partial charge in [-0.2, -0.15) is 17.6 Å². The largest absolute Gasteiger partial charge is 0.283 e. The molecule has 1 heterocycles. The third-order valence-corrected chi connectivity index (χ3v) is 6.34. The molecule has 0 bridgehead atoms. The summed E-state index contributed by atoms with van der Waals surface area (Å²) in [6.07, 6.45) is 0. The van der Waals surface area contributed by atoms with Gasteiger partial charge in [-0.25, -0.2) is 0 Å². The molecule has 114 valence electrons. The molecule has 1 aromatic carbocycles. The Bertz CT molecular complexity index is 801. The molecule has 0 saturated heterocycles. The lowest BCUT2D eigenvalue weighted by molar-refractivity contribution is 0.576. The Morgan fingerprint density at radius 1 is 0.810 bits per heavy atom. The summed E-state index contributed by atoms with van der Waals surface area (Å²) in [5.74, 6) is 0. The van der Waals surface area contributed by atoms with Crippen molar-refractivity contribution >= 4 is 10.0 Å². The summed E-state index contributed by atoms with van der Waals surface area (Å²) < 4.78 is 27.2. The summed E-state index contributed by atoms with van der Waals surface area (Å²) in [6, 6.07) is 1.77. The van der Waals surface area contributed by atoms with E-state index in [1.807, 2.05) is 34.6 Å². The van der Waals surface area contributed by atoms with Crippen LogP contribution in [0.2, 0.25) is 0 Å². The van der Waals surface area contributed by atoms with Crippen molar-refractivity contribution < 1.29 is 8.42 Å². The topological polar surface area (TPSA) is 52.0 Å². The molecule has 0 aliphatic rings. The van der Waals surface area contributed by atoms with E-state index in [1.54, 1.807) is 19.9 Å². The molecule has 0 fully saturated rings. The van der Waals surface area contributed by atoms with Gasteiger partial charge in [0, 0.05) is 0 Å². The molecule has 0 amide bonds. The Hall–Kier alpha value is -1.62. The first kappa shape index (κ1) is 15.8. The van der Waals surface area contributed by atoms with Gasteiger partial charge in [-0.05, 0) is 82.3 Å². The summed E-state index contributed by atoms with van der Waals surface area (Å²) in [5, 5.41) is 4.15. The quantitative estimate of drug-likeness (QED) is 0.855. The van der Waals surface area contributed by atoms with Gasteiger partial charge in [0.05, 0.1) is 16.3 Å². The van der Waals surface area contributed by atoms with Crippen LogP contribution in [0.5, 0.6) is 0 Å². The monoisotopic (exact) mass is 306 g/mol. The summed E-state index contributed by atoms with van der Waals surface area (Å²) in [7, 11) is -3.67. The van der Waals surface area contributed by atoms with Crippen molar-refractivity contribution in [3.63, 3.8) is 0 Å². The lowest BCUT2D eigenvalue weighted by Crippen LogP contribution is -2.20. The van der Waals surface area contributed by atoms with E-state index < -0.39 is 10.0 Å². The van der Waals surface area contributed by atoms with Crippen LogP contribution in [0.25, 0.3) is 0 Å². The SMILES string of the molecule is Cc1cc(C)n(S(=O)(=O)c2c(C)c(C)c(C)c(C)c2C)n1. The van der Waals surface area contributed by atoms with Crippen LogP contribution in [-0.4, -0.2) is 17.6 Å². The van der Waals surface area contributed by atoms with Crippen molar-refractivity contribution in [3.8, 4) is 0 Å². The highest BCUT2D eigenvalue weighted by atomic mass is 32.2. The summed E-state index contributed by atoms with van der Waals surface area (Å²) in [5.41, 5.74) is 6.15. The fourth-order valence-electron chi connectivity index (χ4n) is 2.79. The molecule has 0 spiro atoms. The summed E-state index contributed by atoms with van der Waals surface area (Å²) >= 11 is 0. The van der Waals surface area contributed by atoms with E-state index in [0.29, 0.717) is 16.3 Å². The Labute approximate surface area is 126 Å². The van der Waals surface area contributed by atoms with Gasteiger partial charge in [-0.1, -0.05) is 0 Å². The second-order valence-electron chi connectivity index (χ2n) is 5.73. The molecule has 2 rings (SSSR count). The Morgan fingerprint density at radius 2 is 1.24 bits per heavy atom. The zero-order valence-corrected chi connectivity index (χ0v) is 14.5. The number of aromatic nitrogens is 2. The molecule has 0 aliphatic carbocycles. The van der Waals surface area contributed by atoms with Gasteiger partial charge in [-0.15, -0.1) is 0 Å². The van der Waals surface area contributed by atoms with Gasteiger partial charge in [-0.3, -0.25) is 0 Å². The van der Waals surface area contributed by atoms with Crippen molar-refractivity contribution in [2.75, 3.05) is 0 Å². The highest BCUT2D eigenvalue weighted by Gasteiger charge is 2.27. The average molecular weight is 306 g/mol. The molecule has 0 atom stereocenters. The lowest BCUT2D eigenvalue weighted by Gasteiger charge is -2.19. The standard InChI is InChI=1S/C16H22N2O2S/c1-9-8-10(2)18(17-9)21(19,20)16-14(6)12(4)11(3)13(5)15(16)7/h8H,1-7H3. The van der Waals surface area contributed by atoms with Crippen LogP contribution in [0.3, 0.4) is 0 Å². The van der Waals surface area contributed by atoms with Gasteiger partial charge >= 0.3 is 0 Å². The third kappa shape index (κ3) is 2.29. The minimum Gasteiger partial charge on any atom is -0.199 e. The van der Waals surface area contributed by atoms with E-state index in [-0.39, 0.29) is 0 Å². The van der Waals surface area contributed by atoms with Gasteiger partial charge in [0.15, 0.2) is 0 Å². The Morgan fingerprint density at radius 3 is 1.62 bits per heavy atom. The molecule has 21 heavy (non-hydrogen) atoms. The molecular formula is C16H22N2O2S. The average Bonchev–Trinajstić information content (AvgIpc) is 2.74. The number of aryl methyl sites for hydroxylation is 2. The molecular weight excluding hydrogens is 284 g/mol. The van der Waals surface area contributed by atoms with E-state index in [2.05, 4.69) is 5.10 Å². The molecule has 5 heteroatoms. The molecule has 2 aromatic rings. The highest BCUT2D eigenvalue weighted by molar-refractivity contribution is 7.90. The van der Waals surface area contributed by atoms with Gasteiger partial charge < -0.3 is 0 Å². The van der Waals surface area contributed by atoms with Crippen molar-refractivity contribution in [3.05, 3.63) is 45.3 Å². The normalized spacial score (nSPS) is 12.0. The first-order valence-electron chi connectivity index (χ1n) is 6.94. The number of nitrogens with zero attached hydrogens (tertiary/aromatic N) is 2. The predicted octanol–water partition coefficient (Wildman–Crippen LogP) is 3.28. The smallest absolute Gasteiger partial charge is 0.199 e. The van der Waals surface area contributed by atoms with E-state index in [9.17, 15) is 8.42 Å². The maximum absolute atomic E-state index is 13.0. The van der Waals surface area contributed by atoms with Crippen molar-refractivity contribution in [1.29, 1.82) is 0 Å². The van der Waals surface area contributed by atoms with Gasteiger partial charge in [0.2, 0.25) is 0 Å². The second-order valence-corrected chi connectivity index (χ2v) is 7.43. The number of rotatable bonds is 2. The zero-order valence-electron chi connectivity index (χ0n) is 13.7. The number of benzene rings is 1. The molecule has 4 nitrogen and oxygen atoms in total. The first-order valence-corrected chi connectivity index (χ1v) is 8.38. The zero-order chi connectivity index (χ0) is 16.1. The first-order chi connectivity index (χ1) is 9.59. The van der Waals surface area contributed by atoms with Crippen LogP contribution < -0.4 is 0 Å². The van der Waals surface area contributed by atoms with Gasteiger partial charge in [0.25, 0.3) is 10.0 Å². The van der Waals surface area contributed by atoms with Crippen LogP contribution >= 0.6 is 0 Å². The number of hydrogen-bond donors (Lipinski definition) is 0. The van der Waals surface area contributed by atoms with Crippen LogP contribution in [0.15, 0.2) is 11.0 Å². The van der Waals surface area contributed by atoms with E-state index in [0.717, 1.165) is 31.9 Å². The fraction of sp³-hybridized carbons (Fsp3) is 0.438. The van der Waals surface area contributed by atoms with Crippen LogP contribution in [0.4, 0.5) is 0 Å². The van der Waals surface area contributed by atoms with Gasteiger partial charge in [0.1, 0.15) is 0 Å². The second kappa shape index (κ2) is 4.98. The minimum atomic E-state index is -3.67. The fourth-order valence-corrected chi connectivity index (χ4v) is 4.71. The summed E-state index contributed by atoms with van der Waals surface area (Å²) in [6.45, 7) is 13.3.